The van der Waals surface area contributed by atoms with Crippen molar-refractivity contribution in [2.75, 3.05) is 7.11 Å². The van der Waals surface area contributed by atoms with Gasteiger partial charge in [0.1, 0.15) is 0 Å². The number of phenolic OH excluding ortho intramolecular Hbond substituents is 1. The van der Waals surface area contributed by atoms with Crippen molar-refractivity contribution in [2.45, 2.75) is 13.5 Å². The van der Waals surface area contributed by atoms with Gasteiger partial charge in [0.2, 0.25) is 0 Å². The molecule has 1 aliphatic heterocycles. The fourth-order valence-corrected chi connectivity index (χ4v) is 3.59. The number of aryl methyl sites for hydroxylation is 1. The van der Waals surface area contributed by atoms with Gasteiger partial charge in [0.05, 0.1) is 29.5 Å². The minimum atomic E-state index is -0.636. The number of hydrogen-bond acceptors (Lipinski definition) is 7. The number of rotatable bonds is 5. The number of nitrogens with zero attached hydrogens (tertiary/aromatic N) is 2. The predicted molar refractivity (Wildman–Crippen MR) is 104 cm³/mol. The van der Waals surface area contributed by atoms with Crippen molar-refractivity contribution in [2.24, 2.45) is 0 Å². The maximum Gasteiger partial charge on any atom is 0.293 e. The Bertz CT molecular complexity index is 1020. The van der Waals surface area contributed by atoms with Gasteiger partial charge in [0.25, 0.3) is 16.8 Å². The first-order valence-electron chi connectivity index (χ1n) is 8.16. The summed E-state index contributed by atoms with van der Waals surface area (Å²) in [6, 6.07) is 9.65. The largest absolute Gasteiger partial charge is 0.504 e. The van der Waals surface area contributed by atoms with Gasteiger partial charge < -0.3 is 9.84 Å². The van der Waals surface area contributed by atoms with Crippen LogP contribution < -0.4 is 4.74 Å². The molecular weight excluding hydrogens is 384 g/mol. The smallest absolute Gasteiger partial charge is 0.293 e. The van der Waals surface area contributed by atoms with E-state index in [2.05, 4.69) is 0 Å². The summed E-state index contributed by atoms with van der Waals surface area (Å²) >= 11 is 0.713. The van der Waals surface area contributed by atoms with E-state index in [1.807, 2.05) is 31.2 Å². The summed E-state index contributed by atoms with van der Waals surface area (Å²) < 4.78 is 4.95. The highest BCUT2D eigenvalue weighted by Crippen LogP contribution is 2.39. The molecule has 28 heavy (non-hydrogen) atoms. The molecule has 2 amide bonds. The summed E-state index contributed by atoms with van der Waals surface area (Å²) in [7, 11) is 1.26. The van der Waals surface area contributed by atoms with Gasteiger partial charge in [0, 0.05) is 11.6 Å². The van der Waals surface area contributed by atoms with Gasteiger partial charge in [-0.05, 0) is 30.3 Å². The third-order valence-corrected chi connectivity index (χ3v) is 5.01. The van der Waals surface area contributed by atoms with Gasteiger partial charge in [0.15, 0.2) is 11.5 Å². The number of thioether (sulfide) groups is 1. The van der Waals surface area contributed by atoms with Gasteiger partial charge in [-0.15, -0.1) is 0 Å². The van der Waals surface area contributed by atoms with Crippen LogP contribution in [0, 0.1) is 17.0 Å². The number of phenols is 1. The predicted octanol–water partition coefficient (Wildman–Crippen LogP) is 3.85. The minimum absolute atomic E-state index is 0.0205. The van der Waals surface area contributed by atoms with Crippen LogP contribution in [-0.4, -0.2) is 33.2 Å². The molecule has 0 unspecified atom stereocenters. The van der Waals surface area contributed by atoms with E-state index in [-0.39, 0.29) is 34.2 Å². The summed E-state index contributed by atoms with van der Waals surface area (Å²) in [5.74, 6) is -0.973. The van der Waals surface area contributed by atoms with Crippen molar-refractivity contribution in [3.8, 4) is 11.5 Å². The van der Waals surface area contributed by atoms with Crippen molar-refractivity contribution in [1.29, 1.82) is 0 Å². The lowest BCUT2D eigenvalue weighted by Crippen LogP contribution is -2.27. The standard InChI is InChI=1S/C19H16N2O6S/c1-11-4-3-5-12(6-11)10-20-18(23)16(28-19(20)24)8-13-7-14(21(25)26)9-15(27-2)17(13)22/h3-9,22H,10H2,1-2H3/b16-8-. The quantitative estimate of drug-likeness (QED) is 0.461. The Balaban J connectivity index is 1.93. The maximum atomic E-state index is 12.7. The Morgan fingerprint density at radius 1 is 1.29 bits per heavy atom. The first-order valence-corrected chi connectivity index (χ1v) is 8.98. The number of carbonyl (C=O) groups is 2. The van der Waals surface area contributed by atoms with Crippen molar-refractivity contribution in [1.82, 2.24) is 4.90 Å². The molecule has 9 heteroatoms. The number of carbonyl (C=O) groups excluding carboxylic acids is 2. The maximum absolute atomic E-state index is 12.7. The monoisotopic (exact) mass is 400 g/mol. The first-order chi connectivity index (χ1) is 13.3. The Kier molecular flexibility index (Phi) is 5.36. The van der Waals surface area contributed by atoms with Gasteiger partial charge in [-0.25, -0.2) is 0 Å². The van der Waals surface area contributed by atoms with Crippen molar-refractivity contribution >= 4 is 34.7 Å². The van der Waals surface area contributed by atoms with E-state index in [1.165, 1.54) is 13.2 Å². The third-order valence-electron chi connectivity index (χ3n) is 4.10. The minimum Gasteiger partial charge on any atom is -0.504 e. The topological polar surface area (TPSA) is 110 Å². The molecule has 1 heterocycles. The van der Waals surface area contributed by atoms with E-state index in [4.69, 9.17) is 4.74 Å². The van der Waals surface area contributed by atoms with Gasteiger partial charge in [-0.1, -0.05) is 29.8 Å². The van der Waals surface area contributed by atoms with Gasteiger partial charge in [-0.2, -0.15) is 0 Å². The van der Waals surface area contributed by atoms with Crippen LogP contribution in [0.15, 0.2) is 41.3 Å². The summed E-state index contributed by atoms with van der Waals surface area (Å²) in [5.41, 5.74) is 1.53. The second-order valence-corrected chi connectivity index (χ2v) is 7.09. The highest BCUT2D eigenvalue weighted by Gasteiger charge is 2.35. The lowest BCUT2D eigenvalue weighted by Gasteiger charge is -2.12. The van der Waals surface area contributed by atoms with Crippen molar-refractivity contribution in [3.63, 3.8) is 0 Å². The summed E-state index contributed by atoms with van der Waals surface area (Å²) in [6.07, 6.45) is 1.26. The number of non-ortho nitro benzene ring substituents is 1. The Labute approximate surface area is 164 Å². The molecule has 3 rings (SSSR count). The average Bonchev–Trinajstić information content (AvgIpc) is 2.90. The second kappa shape index (κ2) is 7.73. The number of nitro groups is 1. The van der Waals surface area contributed by atoms with Crippen LogP contribution in [-0.2, 0) is 11.3 Å². The molecule has 0 aromatic heterocycles. The lowest BCUT2D eigenvalue weighted by molar-refractivity contribution is -0.385. The van der Waals surface area contributed by atoms with Crippen molar-refractivity contribution < 1.29 is 24.4 Å². The zero-order valence-corrected chi connectivity index (χ0v) is 15.9. The van der Waals surface area contributed by atoms with E-state index in [1.54, 1.807) is 0 Å². The molecule has 0 radical (unpaired) electrons. The molecule has 0 aliphatic carbocycles. The van der Waals surface area contributed by atoms with Crippen LogP contribution in [0.1, 0.15) is 16.7 Å². The van der Waals surface area contributed by atoms with Crippen LogP contribution in [0.2, 0.25) is 0 Å². The SMILES string of the molecule is COc1cc([N+](=O)[O-])cc(/C=C2\SC(=O)N(Cc3cccc(C)c3)C2=O)c1O. The highest BCUT2D eigenvalue weighted by atomic mass is 32.2. The van der Waals surface area contributed by atoms with E-state index in [0.29, 0.717) is 11.8 Å². The summed E-state index contributed by atoms with van der Waals surface area (Å²) in [6.45, 7) is 2.03. The normalized spacial score (nSPS) is 15.4. The zero-order valence-electron chi connectivity index (χ0n) is 15.0. The first kappa shape index (κ1) is 19.4. The van der Waals surface area contributed by atoms with Crippen molar-refractivity contribution in [3.05, 3.63) is 68.1 Å². The molecule has 144 valence electrons. The number of hydrogen-bond donors (Lipinski definition) is 1. The molecule has 0 saturated carbocycles. The second-order valence-electron chi connectivity index (χ2n) is 6.10. The molecule has 2 aromatic rings. The number of imide groups is 1. The lowest BCUT2D eigenvalue weighted by atomic mass is 10.1. The van der Waals surface area contributed by atoms with Gasteiger partial charge in [-0.3, -0.25) is 24.6 Å². The highest BCUT2D eigenvalue weighted by molar-refractivity contribution is 8.18. The molecule has 8 nitrogen and oxygen atoms in total. The van der Waals surface area contributed by atoms with Crippen LogP contribution in [0.25, 0.3) is 6.08 Å². The Morgan fingerprint density at radius 3 is 2.68 bits per heavy atom. The molecule has 1 fully saturated rings. The molecule has 0 bridgehead atoms. The van der Waals surface area contributed by atoms with E-state index in [0.717, 1.165) is 28.2 Å². The molecule has 1 N–H and O–H groups in total. The van der Waals surface area contributed by atoms with E-state index in [9.17, 15) is 24.8 Å². The number of aromatic hydroxyl groups is 1. The Hall–Kier alpha value is -3.33. The zero-order chi connectivity index (χ0) is 20.4. The van der Waals surface area contributed by atoms with Crippen LogP contribution >= 0.6 is 11.8 Å². The van der Waals surface area contributed by atoms with Crippen LogP contribution in [0.3, 0.4) is 0 Å². The van der Waals surface area contributed by atoms with E-state index >= 15 is 0 Å². The number of benzene rings is 2. The molecule has 0 spiro atoms. The summed E-state index contributed by atoms with van der Waals surface area (Å²) in [4.78, 5) is 36.6. The van der Waals surface area contributed by atoms with Gasteiger partial charge >= 0.3 is 0 Å². The number of methoxy groups -OCH3 is 1. The third kappa shape index (κ3) is 3.84. The van der Waals surface area contributed by atoms with Crippen LogP contribution in [0.5, 0.6) is 11.5 Å². The molecule has 2 aromatic carbocycles. The van der Waals surface area contributed by atoms with E-state index < -0.39 is 16.1 Å². The number of amides is 2. The Morgan fingerprint density at radius 2 is 2.04 bits per heavy atom. The molecule has 0 atom stereocenters. The molecule has 1 aliphatic rings. The molecule has 1 saturated heterocycles. The fourth-order valence-electron chi connectivity index (χ4n) is 2.76. The van der Waals surface area contributed by atoms with Crippen LogP contribution in [0.4, 0.5) is 10.5 Å². The number of ether oxygens (including phenoxy) is 1. The number of nitro benzene ring substituents is 1. The average molecular weight is 400 g/mol. The molecular formula is C19H16N2O6S. The summed E-state index contributed by atoms with van der Waals surface area (Å²) in [5, 5.41) is 20.9. The fraction of sp³-hybridized carbons (Fsp3) is 0.158.